The van der Waals surface area contributed by atoms with Gasteiger partial charge in [0, 0.05) is 18.8 Å². The minimum Gasteiger partial charge on any atom is -0.452 e. The molecule has 0 aromatic heterocycles. The van der Waals surface area contributed by atoms with Crippen LogP contribution in [0.5, 0.6) is 0 Å². The Morgan fingerprint density at radius 3 is 1.31 bits per heavy atom. The number of benzene rings is 4. The largest absolute Gasteiger partial charge is 0.452 e. The van der Waals surface area contributed by atoms with Crippen molar-refractivity contribution in [3.05, 3.63) is 144 Å². The molecule has 4 unspecified atom stereocenters. The zero-order valence-electron chi connectivity index (χ0n) is 29.7. The predicted octanol–water partition coefficient (Wildman–Crippen LogP) is 7.31. The molecule has 0 amide bonds. The second-order valence-corrected chi connectivity index (χ2v) is 13.0. The average molecular weight is 698 g/mol. The van der Waals surface area contributed by atoms with E-state index >= 15 is 0 Å². The molecule has 0 radical (unpaired) electrons. The van der Waals surface area contributed by atoms with Gasteiger partial charge in [0.2, 0.25) is 6.29 Å². The van der Waals surface area contributed by atoms with Crippen LogP contribution in [0.4, 0.5) is 0 Å². The SMILES string of the molecule is CC(=N)O[C@@H]1OC[C@@H](OCc2ccccc2)C(OCc2ccccc2)C1C.CC1C(OCc2ccccc2)[C@H](OCc2ccccc2)CO[C@H]1O. The molecule has 4 aromatic rings. The molecule has 2 fully saturated rings. The zero-order valence-corrected chi connectivity index (χ0v) is 29.7. The van der Waals surface area contributed by atoms with Crippen LogP contribution < -0.4 is 0 Å². The van der Waals surface area contributed by atoms with Gasteiger partial charge < -0.3 is 38.3 Å². The van der Waals surface area contributed by atoms with Gasteiger partial charge in [-0.3, -0.25) is 5.41 Å². The summed E-state index contributed by atoms with van der Waals surface area (Å²) in [6.45, 7) is 8.25. The van der Waals surface area contributed by atoms with E-state index in [1.54, 1.807) is 6.92 Å². The number of aliphatic hydroxyl groups is 1. The van der Waals surface area contributed by atoms with Crippen molar-refractivity contribution in [2.45, 2.75) is 84.2 Å². The fourth-order valence-corrected chi connectivity index (χ4v) is 6.08. The highest BCUT2D eigenvalue weighted by atomic mass is 16.7. The van der Waals surface area contributed by atoms with Gasteiger partial charge in [0.1, 0.15) is 12.2 Å². The van der Waals surface area contributed by atoms with E-state index in [4.69, 9.17) is 38.6 Å². The molecule has 2 heterocycles. The highest BCUT2D eigenvalue weighted by molar-refractivity contribution is 5.69. The van der Waals surface area contributed by atoms with Crippen molar-refractivity contribution in [3.8, 4) is 0 Å². The van der Waals surface area contributed by atoms with Crippen LogP contribution in [0.3, 0.4) is 0 Å². The first kappa shape index (κ1) is 38.3. The highest BCUT2D eigenvalue weighted by Crippen LogP contribution is 2.29. The molecule has 8 atom stereocenters. The second-order valence-electron chi connectivity index (χ2n) is 13.0. The third kappa shape index (κ3) is 12.1. The number of hydrogen-bond acceptors (Lipinski definition) is 9. The molecule has 9 heteroatoms. The molecule has 51 heavy (non-hydrogen) atoms. The summed E-state index contributed by atoms with van der Waals surface area (Å²) in [6, 6.07) is 40.2. The van der Waals surface area contributed by atoms with Crippen LogP contribution in [0.2, 0.25) is 0 Å². The van der Waals surface area contributed by atoms with E-state index < -0.39 is 12.6 Å². The van der Waals surface area contributed by atoms with Crippen LogP contribution in [-0.4, -0.2) is 61.2 Å². The number of ether oxygens (including phenoxy) is 7. The minimum absolute atomic E-state index is 0.0662. The first-order chi connectivity index (χ1) is 24.9. The van der Waals surface area contributed by atoms with Crippen molar-refractivity contribution >= 4 is 5.90 Å². The molecule has 2 aliphatic rings. The maximum Gasteiger partial charge on any atom is 0.206 e. The molecule has 2 aliphatic heterocycles. The number of hydrogen-bond donors (Lipinski definition) is 2. The Bertz CT molecular complexity index is 1540. The number of rotatable bonds is 13. The lowest BCUT2D eigenvalue weighted by Crippen LogP contribution is -2.51. The number of aliphatic hydroxyl groups excluding tert-OH is 1. The summed E-state index contributed by atoms with van der Waals surface area (Å²) in [7, 11) is 0. The van der Waals surface area contributed by atoms with Gasteiger partial charge in [-0.25, -0.2) is 0 Å². The fraction of sp³-hybridized carbons (Fsp3) is 0.405. The van der Waals surface area contributed by atoms with Crippen LogP contribution in [0.1, 0.15) is 43.0 Å². The van der Waals surface area contributed by atoms with Crippen molar-refractivity contribution < 1.29 is 38.3 Å². The quantitative estimate of drug-likeness (QED) is 0.111. The Labute approximate surface area is 301 Å². The van der Waals surface area contributed by atoms with Crippen molar-refractivity contribution in [1.29, 1.82) is 5.41 Å². The molecule has 9 nitrogen and oxygen atoms in total. The van der Waals surface area contributed by atoms with Gasteiger partial charge in [-0.1, -0.05) is 135 Å². The Balaban J connectivity index is 0.000000199. The highest BCUT2D eigenvalue weighted by Gasteiger charge is 2.41. The van der Waals surface area contributed by atoms with Crippen LogP contribution in [-0.2, 0) is 59.6 Å². The third-order valence-corrected chi connectivity index (χ3v) is 8.98. The molecule has 0 spiro atoms. The summed E-state index contributed by atoms with van der Waals surface area (Å²) in [5, 5.41) is 17.6. The summed E-state index contributed by atoms with van der Waals surface area (Å²) in [4.78, 5) is 0. The van der Waals surface area contributed by atoms with Crippen LogP contribution >= 0.6 is 0 Å². The van der Waals surface area contributed by atoms with Gasteiger partial charge in [0.15, 0.2) is 12.2 Å². The molecule has 0 saturated carbocycles. The second kappa shape index (κ2) is 20.2. The van der Waals surface area contributed by atoms with E-state index in [0.717, 1.165) is 22.3 Å². The first-order valence-corrected chi connectivity index (χ1v) is 17.6. The van der Waals surface area contributed by atoms with Crippen molar-refractivity contribution in [1.82, 2.24) is 0 Å². The first-order valence-electron chi connectivity index (χ1n) is 17.6. The molecular formula is C42H51NO8. The van der Waals surface area contributed by atoms with Crippen LogP contribution in [0.15, 0.2) is 121 Å². The molecule has 4 aromatic carbocycles. The topological polar surface area (TPSA) is 109 Å². The Morgan fingerprint density at radius 1 is 0.569 bits per heavy atom. The van der Waals surface area contributed by atoms with Crippen molar-refractivity contribution in [2.24, 2.45) is 11.8 Å². The molecule has 272 valence electrons. The Kier molecular flexibility index (Phi) is 15.2. The maximum absolute atomic E-state index is 9.99. The van der Waals surface area contributed by atoms with Gasteiger partial charge in [-0.15, -0.1) is 0 Å². The average Bonchev–Trinajstić information content (AvgIpc) is 3.16. The molecular weight excluding hydrogens is 646 g/mol. The van der Waals surface area contributed by atoms with Gasteiger partial charge in [-0.2, -0.15) is 0 Å². The number of nitrogens with one attached hydrogen (secondary N) is 1. The van der Waals surface area contributed by atoms with E-state index in [1.807, 2.05) is 135 Å². The lowest BCUT2D eigenvalue weighted by molar-refractivity contribution is -0.250. The lowest BCUT2D eigenvalue weighted by atomic mass is 9.96. The van der Waals surface area contributed by atoms with E-state index in [1.165, 1.54) is 0 Å². The zero-order chi connectivity index (χ0) is 35.8. The van der Waals surface area contributed by atoms with E-state index in [9.17, 15) is 5.11 Å². The summed E-state index contributed by atoms with van der Waals surface area (Å²) < 4.78 is 41.3. The fourth-order valence-electron chi connectivity index (χ4n) is 6.08. The monoisotopic (exact) mass is 697 g/mol. The summed E-state index contributed by atoms with van der Waals surface area (Å²) in [5.41, 5.74) is 4.44. The van der Waals surface area contributed by atoms with E-state index in [-0.39, 0.29) is 42.1 Å². The molecule has 2 N–H and O–H groups in total. The summed E-state index contributed by atoms with van der Waals surface area (Å²) >= 11 is 0. The third-order valence-electron chi connectivity index (χ3n) is 8.98. The smallest absolute Gasteiger partial charge is 0.206 e. The predicted molar refractivity (Wildman–Crippen MR) is 195 cm³/mol. The lowest BCUT2D eigenvalue weighted by Gasteiger charge is -2.40. The minimum atomic E-state index is -0.817. The van der Waals surface area contributed by atoms with E-state index in [2.05, 4.69) is 0 Å². The Hall–Kier alpha value is -3.93. The standard InChI is InChI=1S/C22H27NO4.C20H24O4/c1-16-21(25-14-19-11-7-4-8-12-19)20(15-26-22(16)27-17(2)23)24-13-18-9-5-3-6-10-18;1-15-19(23-13-17-10-6-3-7-11-17)18(14-24-20(15)21)22-12-16-8-4-2-5-9-16/h3-12,16,20-23H,13-15H2,1-2H3;2-11,15,18-21H,12-14H2,1H3/t16?,20-,21?,22+;15?,18-,19?,20-/m11/s1. The van der Waals surface area contributed by atoms with Gasteiger partial charge >= 0.3 is 0 Å². The van der Waals surface area contributed by atoms with Gasteiger partial charge in [-0.05, 0) is 22.3 Å². The van der Waals surface area contributed by atoms with Crippen LogP contribution in [0, 0.1) is 17.2 Å². The van der Waals surface area contributed by atoms with Crippen LogP contribution in [0.25, 0.3) is 0 Å². The van der Waals surface area contributed by atoms with E-state index in [0.29, 0.717) is 39.6 Å². The van der Waals surface area contributed by atoms with Gasteiger partial charge in [0.05, 0.1) is 51.8 Å². The Morgan fingerprint density at radius 2 is 0.922 bits per heavy atom. The molecule has 6 rings (SSSR count). The maximum atomic E-state index is 9.99. The van der Waals surface area contributed by atoms with Crippen molar-refractivity contribution in [3.63, 3.8) is 0 Å². The molecule has 0 bridgehead atoms. The molecule has 0 aliphatic carbocycles. The van der Waals surface area contributed by atoms with Gasteiger partial charge in [0.25, 0.3) is 0 Å². The summed E-state index contributed by atoms with van der Waals surface area (Å²) in [5.74, 6) is -0.0796. The normalized spacial score (nSPS) is 26.0. The summed E-state index contributed by atoms with van der Waals surface area (Å²) in [6.07, 6.45) is -2.12. The van der Waals surface area contributed by atoms with Crippen molar-refractivity contribution in [2.75, 3.05) is 13.2 Å². The molecule has 2 saturated heterocycles.